The first-order valence-corrected chi connectivity index (χ1v) is 6.93. The monoisotopic (exact) mass is 209 g/mol. The molecule has 0 saturated heterocycles. The highest BCUT2D eigenvalue weighted by Gasteiger charge is 2.37. The maximum atomic E-state index is 3.77. The molecule has 0 amide bonds. The molecule has 1 heteroatoms. The summed E-state index contributed by atoms with van der Waals surface area (Å²) in [5.74, 6) is 1.99. The molecule has 0 aliphatic heterocycles. The van der Waals surface area contributed by atoms with E-state index in [0.29, 0.717) is 5.54 Å². The predicted octanol–water partition coefficient (Wildman–Crippen LogP) is 3.74. The molecule has 0 aromatic carbocycles. The Morgan fingerprint density at radius 1 is 1.00 bits per heavy atom. The van der Waals surface area contributed by atoms with Gasteiger partial charge in [0.15, 0.2) is 0 Å². The Morgan fingerprint density at radius 2 is 1.67 bits per heavy atom. The average molecular weight is 209 g/mol. The van der Waals surface area contributed by atoms with Gasteiger partial charge in [-0.15, -0.1) is 0 Å². The van der Waals surface area contributed by atoms with Gasteiger partial charge >= 0.3 is 0 Å². The third kappa shape index (κ3) is 3.48. The summed E-state index contributed by atoms with van der Waals surface area (Å²) in [5.41, 5.74) is 0.411. The van der Waals surface area contributed by atoms with Gasteiger partial charge in [0.25, 0.3) is 0 Å². The largest absolute Gasteiger partial charge is 0.312 e. The molecule has 15 heavy (non-hydrogen) atoms. The molecule has 2 aliphatic carbocycles. The van der Waals surface area contributed by atoms with Gasteiger partial charge in [0.2, 0.25) is 0 Å². The van der Waals surface area contributed by atoms with Crippen molar-refractivity contribution >= 4 is 0 Å². The minimum atomic E-state index is 0.411. The lowest BCUT2D eigenvalue weighted by atomic mass is 9.86. The number of rotatable bonds is 5. The van der Waals surface area contributed by atoms with Crippen molar-refractivity contribution in [1.82, 2.24) is 5.32 Å². The van der Waals surface area contributed by atoms with Crippen LogP contribution in [-0.4, -0.2) is 12.1 Å². The maximum Gasteiger partial charge on any atom is 0.0153 e. The molecule has 0 aromatic rings. The van der Waals surface area contributed by atoms with Crippen LogP contribution >= 0.6 is 0 Å². The van der Waals surface area contributed by atoms with Crippen molar-refractivity contribution in [2.24, 2.45) is 11.8 Å². The minimum absolute atomic E-state index is 0.411. The van der Waals surface area contributed by atoms with E-state index in [1.54, 1.807) is 0 Å². The van der Waals surface area contributed by atoms with E-state index in [1.165, 1.54) is 57.9 Å². The second kappa shape index (κ2) is 4.86. The van der Waals surface area contributed by atoms with Crippen LogP contribution in [0.1, 0.15) is 65.2 Å². The van der Waals surface area contributed by atoms with Crippen molar-refractivity contribution in [1.29, 1.82) is 0 Å². The number of hydrogen-bond acceptors (Lipinski definition) is 1. The molecule has 0 heterocycles. The van der Waals surface area contributed by atoms with Gasteiger partial charge in [-0.25, -0.2) is 0 Å². The zero-order valence-corrected chi connectivity index (χ0v) is 10.5. The van der Waals surface area contributed by atoms with E-state index in [2.05, 4.69) is 19.2 Å². The van der Waals surface area contributed by atoms with E-state index in [9.17, 15) is 0 Å². The van der Waals surface area contributed by atoms with E-state index in [0.717, 1.165) is 11.8 Å². The Balaban J connectivity index is 1.60. The molecule has 0 radical (unpaired) electrons. The van der Waals surface area contributed by atoms with E-state index >= 15 is 0 Å². The summed E-state index contributed by atoms with van der Waals surface area (Å²) in [5, 5.41) is 3.77. The third-order valence-electron chi connectivity index (χ3n) is 4.46. The topological polar surface area (TPSA) is 12.0 Å². The highest BCUT2D eigenvalue weighted by Crippen LogP contribution is 2.39. The van der Waals surface area contributed by atoms with Gasteiger partial charge < -0.3 is 5.32 Å². The van der Waals surface area contributed by atoms with E-state index in [-0.39, 0.29) is 0 Å². The average Bonchev–Trinajstić information content (AvgIpc) is 3.02. The highest BCUT2D eigenvalue weighted by molar-refractivity contribution is 4.94. The Morgan fingerprint density at radius 3 is 2.27 bits per heavy atom. The lowest BCUT2D eigenvalue weighted by molar-refractivity contribution is 0.292. The van der Waals surface area contributed by atoms with Crippen molar-refractivity contribution in [3.63, 3.8) is 0 Å². The number of hydrogen-bond donors (Lipinski definition) is 1. The first-order valence-electron chi connectivity index (χ1n) is 6.93. The molecule has 0 aromatic heterocycles. The molecular weight excluding hydrogens is 182 g/mol. The molecule has 2 rings (SSSR count). The lowest BCUT2D eigenvalue weighted by Gasteiger charge is -2.28. The van der Waals surface area contributed by atoms with Gasteiger partial charge in [0.1, 0.15) is 0 Å². The minimum Gasteiger partial charge on any atom is -0.312 e. The van der Waals surface area contributed by atoms with Crippen molar-refractivity contribution in [2.75, 3.05) is 6.54 Å². The predicted molar refractivity (Wildman–Crippen MR) is 66.0 cm³/mol. The molecule has 1 N–H and O–H groups in total. The highest BCUT2D eigenvalue weighted by atomic mass is 15.0. The SMILES string of the molecule is CC(C)(NCCC1CCCCC1)C1CC1. The lowest BCUT2D eigenvalue weighted by Crippen LogP contribution is -2.42. The molecule has 88 valence electrons. The molecule has 0 unspecified atom stereocenters. The molecule has 1 nitrogen and oxygen atoms in total. The van der Waals surface area contributed by atoms with E-state index < -0.39 is 0 Å². The first kappa shape index (κ1) is 11.4. The fourth-order valence-electron chi connectivity index (χ4n) is 3.02. The second-order valence-corrected chi connectivity index (χ2v) is 6.22. The fourth-order valence-corrected chi connectivity index (χ4v) is 3.02. The summed E-state index contributed by atoms with van der Waals surface area (Å²) in [4.78, 5) is 0. The summed E-state index contributed by atoms with van der Waals surface area (Å²) < 4.78 is 0. The quantitative estimate of drug-likeness (QED) is 0.727. The van der Waals surface area contributed by atoms with Gasteiger partial charge in [0.05, 0.1) is 0 Å². The van der Waals surface area contributed by atoms with Gasteiger partial charge in [-0.1, -0.05) is 32.1 Å². The molecule has 2 saturated carbocycles. The molecule has 0 spiro atoms. The Bertz CT molecular complexity index is 188. The van der Waals surface area contributed by atoms with Crippen LogP contribution < -0.4 is 5.32 Å². The summed E-state index contributed by atoms with van der Waals surface area (Å²) in [6.07, 6.45) is 11.7. The zero-order valence-electron chi connectivity index (χ0n) is 10.5. The van der Waals surface area contributed by atoms with Crippen LogP contribution in [-0.2, 0) is 0 Å². The summed E-state index contributed by atoms with van der Waals surface area (Å²) in [7, 11) is 0. The Hall–Kier alpha value is -0.0400. The van der Waals surface area contributed by atoms with Crippen LogP contribution in [0.2, 0.25) is 0 Å². The maximum absolute atomic E-state index is 3.77. The molecule has 2 fully saturated rings. The van der Waals surface area contributed by atoms with Crippen LogP contribution in [0.15, 0.2) is 0 Å². The van der Waals surface area contributed by atoms with Crippen molar-refractivity contribution in [3.8, 4) is 0 Å². The van der Waals surface area contributed by atoms with E-state index in [1.807, 2.05) is 0 Å². The fraction of sp³-hybridized carbons (Fsp3) is 1.00. The van der Waals surface area contributed by atoms with Gasteiger partial charge in [-0.05, 0) is 51.5 Å². The van der Waals surface area contributed by atoms with Crippen molar-refractivity contribution < 1.29 is 0 Å². The molecule has 0 atom stereocenters. The summed E-state index contributed by atoms with van der Waals surface area (Å²) in [6, 6.07) is 0. The smallest absolute Gasteiger partial charge is 0.0153 e. The van der Waals surface area contributed by atoms with Crippen molar-refractivity contribution in [2.45, 2.75) is 70.8 Å². The van der Waals surface area contributed by atoms with Gasteiger partial charge in [0, 0.05) is 5.54 Å². The summed E-state index contributed by atoms with van der Waals surface area (Å²) >= 11 is 0. The van der Waals surface area contributed by atoms with Crippen molar-refractivity contribution in [3.05, 3.63) is 0 Å². The summed E-state index contributed by atoms with van der Waals surface area (Å²) in [6.45, 7) is 6.01. The van der Waals surface area contributed by atoms with Crippen LogP contribution in [0.25, 0.3) is 0 Å². The normalized spacial score (nSPS) is 24.4. The Kier molecular flexibility index (Phi) is 3.71. The second-order valence-electron chi connectivity index (χ2n) is 6.22. The molecule has 2 aliphatic rings. The van der Waals surface area contributed by atoms with Gasteiger partial charge in [-0.2, -0.15) is 0 Å². The van der Waals surface area contributed by atoms with Crippen LogP contribution in [0.5, 0.6) is 0 Å². The van der Waals surface area contributed by atoms with Crippen LogP contribution in [0.3, 0.4) is 0 Å². The van der Waals surface area contributed by atoms with Crippen LogP contribution in [0, 0.1) is 11.8 Å². The molecular formula is C14H27N. The van der Waals surface area contributed by atoms with E-state index in [4.69, 9.17) is 0 Å². The zero-order chi connectivity index (χ0) is 10.7. The van der Waals surface area contributed by atoms with Gasteiger partial charge in [-0.3, -0.25) is 0 Å². The van der Waals surface area contributed by atoms with Crippen LogP contribution in [0.4, 0.5) is 0 Å². The molecule has 0 bridgehead atoms. The standard InChI is InChI=1S/C14H27N/c1-14(2,13-8-9-13)15-11-10-12-6-4-3-5-7-12/h12-13,15H,3-11H2,1-2H3. The first-order chi connectivity index (χ1) is 7.18. The third-order valence-corrected chi connectivity index (χ3v) is 4.46. The number of nitrogens with one attached hydrogen (secondary N) is 1. The Labute approximate surface area is 95.0 Å².